The van der Waals surface area contributed by atoms with Gasteiger partial charge in [-0.2, -0.15) is 0 Å². The Balaban J connectivity index is 1.84. The molecular formula is C13H19NS. The van der Waals surface area contributed by atoms with Gasteiger partial charge in [0.2, 0.25) is 0 Å². The lowest BCUT2D eigenvalue weighted by Gasteiger charge is -2.41. The quantitative estimate of drug-likeness (QED) is 0.704. The predicted molar refractivity (Wildman–Crippen MR) is 65.6 cm³/mol. The lowest BCUT2D eigenvalue weighted by Crippen LogP contribution is -2.48. The molecule has 82 valence electrons. The first kappa shape index (κ1) is 9.86. The van der Waals surface area contributed by atoms with E-state index in [0.717, 1.165) is 0 Å². The molecule has 0 N–H and O–H groups in total. The number of likely N-dealkylation sites (tertiary alicyclic amines) is 1. The highest BCUT2D eigenvalue weighted by molar-refractivity contribution is 7.10. The molecule has 1 aromatic rings. The lowest BCUT2D eigenvalue weighted by atomic mass is 9.81. The number of hydrogen-bond donors (Lipinski definition) is 0. The monoisotopic (exact) mass is 221 g/mol. The molecule has 2 aliphatic rings. The third kappa shape index (κ3) is 1.64. The van der Waals surface area contributed by atoms with Crippen LogP contribution in [0.15, 0.2) is 11.4 Å². The maximum absolute atomic E-state index is 2.73. The van der Waals surface area contributed by atoms with Gasteiger partial charge in [0.15, 0.2) is 0 Å². The van der Waals surface area contributed by atoms with Crippen LogP contribution in [0.1, 0.15) is 36.6 Å². The van der Waals surface area contributed by atoms with Gasteiger partial charge in [-0.3, -0.25) is 4.90 Å². The summed E-state index contributed by atoms with van der Waals surface area (Å²) in [5.74, 6) is 0. The van der Waals surface area contributed by atoms with Crippen LogP contribution in [-0.4, -0.2) is 23.5 Å². The number of nitrogens with zero attached hydrogens (tertiary/aromatic N) is 1. The smallest absolute Gasteiger partial charge is 0.0225 e. The molecule has 0 unspecified atom stereocenters. The van der Waals surface area contributed by atoms with Crippen molar-refractivity contribution in [3.63, 3.8) is 0 Å². The first-order valence-corrected chi connectivity index (χ1v) is 6.96. The molecule has 0 amide bonds. The van der Waals surface area contributed by atoms with Crippen molar-refractivity contribution in [3.05, 3.63) is 21.9 Å². The molecule has 0 spiro atoms. The van der Waals surface area contributed by atoms with Crippen LogP contribution < -0.4 is 0 Å². The molecular weight excluding hydrogens is 202 g/mol. The van der Waals surface area contributed by atoms with Crippen LogP contribution in [-0.2, 0) is 12.8 Å². The molecule has 0 aromatic carbocycles. The molecule has 2 heteroatoms. The standard InChI is InChI=1S/C13H19NS/c1-13(14-7-2-3-8-14)6-4-12-11(10-13)5-9-15-12/h5,9H,2-4,6-8,10H2,1H3/t13-/m1/s1. The summed E-state index contributed by atoms with van der Waals surface area (Å²) in [5, 5.41) is 2.26. The maximum Gasteiger partial charge on any atom is 0.0225 e. The van der Waals surface area contributed by atoms with Crippen molar-refractivity contribution in [2.24, 2.45) is 0 Å². The van der Waals surface area contributed by atoms with Crippen molar-refractivity contribution in [1.29, 1.82) is 0 Å². The molecule has 1 aliphatic heterocycles. The van der Waals surface area contributed by atoms with Gasteiger partial charge in [0.25, 0.3) is 0 Å². The second-order valence-electron chi connectivity index (χ2n) is 5.24. The van der Waals surface area contributed by atoms with Crippen molar-refractivity contribution in [2.75, 3.05) is 13.1 Å². The van der Waals surface area contributed by atoms with Gasteiger partial charge >= 0.3 is 0 Å². The Labute approximate surface area is 96.1 Å². The number of thiophene rings is 1. The highest BCUT2D eigenvalue weighted by Crippen LogP contribution is 2.37. The molecule has 1 atom stereocenters. The van der Waals surface area contributed by atoms with E-state index in [0.29, 0.717) is 5.54 Å². The minimum atomic E-state index is 0.463. The van der Waals surface area contributed by atoms with Crippen LogP contribution in [0.3, 0.4) is 0 Å². The largest absolute Gasteiger partial charge is 0.298 e. The summed E-state index contributed by atoms with van der Waals surface area (Å²) >= 11 is 1.95. The summed E-state index contributed by atoms with van der Waals surface area (Å²) in [6.45, 7) is 5.13. The van der Waals surface area contributed by atoms with Crippen molar-refractivity contribution >= 4 is 11.3 Å². The molecule has 0 radical (unpaired) electrons. The average molecular weight is 221 g/mol. The van der Waals surface area contributed by atoms with Crippen LogP contribution in [0.2, 0.25) is 0 Å². The van der Waals surface area contributed by atoms with Gasteiger partial charge in [-0.25, -0.2) is 0 Å². The van der Waals surface area contributed by atoms with Crippen molar-refractivity contribution in [3.8, 4) is 0 Å². The third-order valence-corrected chi connectivity index (χ3v) is 5.19. The molecule has 1 aliphatic carbocycles. The number of hydrogen-bond acceptors (Lipinski definition) is 2. The van der Waals surface area contributed by atoms with Crippen LogP contribution in [0.4, 0.5) is 0 Å². The fourth-order valence-corrected chi connectivity index (χ4v) is 4.06. The van der Waals surface area contributed by atoms with Gasteiger partial charge in [0, 0.05) is 10.4 Å². The molecule has 0 bridgehead atoms. The van der Waals surface area contributed by atoms with Crippen molar-refractivity contribution < 1.29 is 0 Å². The van der Waals surface area contributed by atoms with Crippen molar-refractivity contribution in [1.82, 2.24) is 4.90 Å². The second kappa shape index (κ2) is 3.60. The Morgan fingerprint density at radius 2 is 2.13 bits per heavy atom. The Morgan fingerprint density at radius 3 is 2.93 bits per heavy atom. The summed E-state index contributed by atoms with van der Waals surface area (Å²) in [6.07, 6.45) is 6.77. The Hall–Kier alpha value is -0.340. The SMILES string of the molecule is C[C@@]1(N2CCCC2)CCc2sccc2C1. The lowest BCUT2D eigenvalue weighted by molar-refractivity contribution is 0.119. The van der Waals surface area contributed by atoms with Gasteiger partial charge in [-0.05, 0) is 69.1 Å². The van der Waals surface area contributed by atoms with E-state index in [1.807, 2.05) is 11.3 Å². The minimum absolute atomic E-state index is 0.463. The molecule has 1 fully saturated rings. The fourth-order valence-electron chi connectivity index (χ4n) is 3.15. The molecule has 3 rings (SSSR count). The normalized spacial score (nSPS) is 31.8. The van der Waals surface area contributed by atoms with Crippen molar-refractivity contribution in [2.45, 2.75) is 44.6 Å². The number of rotatable bonds is 1. The Bertz CT molecular complexity index is 351. The van der Waals surface area contributed by atoms with E-state index in [2.05, 4.69) is 23.3 Å². The van der Waals surface area contributed by atoms with Crippen LogP contribution in [0.25, 0.3) is 0 Å². The summed E-state index contributed by atoms with van der Waals surface area (Å²) < 4.78 is 0. The van der Waals surface area contributed by atoms with Gasteiger partial charge in [0.1, 0.15) is 0 Å². The van der Waals surface area contributed by atoms with Crippen LogP contribution in [0, 0.1) is 0 Å². The molecule has 15 heavy (non-hydrogen) atoms. The molecule has 1 nitrogen and oxygen atoms in total. The first-order valence-electron chi connectivity index (χ1n) is 6.08. The highest BCUT2D eigenvalue weighted by atomic mass is 32.1. The Morgan fingerprint density at radius 1 is 1.33 bits per heavy atom. The van der Waals surface area contributed by atoms with E-state index in [1.165, 1.54) is 45.2 Å². The summed E-state index contributed by atoms with van der Waals surface area (Å²) in [6, 6.07) is 2.34. The first-order chi connectivity index (χ1) is 7.28. The number of fused-ring (bicyclic) bond motifs is 1. The predicted octanol–water partition coefficient (Wildman–Crippen LogP) is 3.09. The number of aryl methyl sites for hydroxylation is 1. The van der Waals surface area contributed by atoms with Crippen LogP contribution >= 0.6 is 11.3 Å². The summed E-state index contributed by atoms with van der Waals surface area (Å²) in [5.41, 5.74) is 2.09. The van der Waals surface area contributed by atoms with E-state index < -0.39 is 0 Å². The highest BCUT2D eigenvalue weighted by Gasteiger charge is 2.36. The fraction of sp³-hybridized carbons (Fsp3) is 0.692. The maximum atomic E-state index is 2.73. The van der Waals surface area contributed by atoms with E-state index in [1.54, 1.807) is 10.4 Å². The zero-order chi connectivity index (χ0) is 10.3. The minimum Gasteiger partial charge on any atom is -0.298 e. The van der Waals surface area contributed by atoms with Gasteiger partial charge < -0.3 is 0 Å². The zero-order valence-corrected chi connectivity index (χ0v) is 10.3. The third-order valence-electron chi connectivity index (χ3n) is 4.17. The van der Waals surface area contributed by atoms with Gasteiger partial charge in [-0.1, -0.05) is 0 Å². The molecule has 1 aromatic heterocycles. The zero-order valence-electron chi connectivity index (χ0n) is 9.46. The van der Waals surface area contributed by atoms with E-state index in [4.69, 9.17) is 0 Å². The van der Waals surface area contributed by atoms with Crippen LogP contribution in [0.5, 0.6) is 0 Å². The molecule has 1 saturated heterocycles. The second-order valence-corrected chi connectivity index (χ2v) is 6.24. The Kier molecular flexibility index (Phi) is 2.37. The van der Waals surface area contributed by atoms with E-state index in [9.17, 15) is 0 Å². The van der Waals surface area contributed by atoms with Gasteiger partial charge in [0.05, 0.1) is 0 Å². The summed E-state index contributed by atoms with van der Waals surface area (Å²) in [7, 11) is 0. The van der Waals surface area contributed by atoms with E-state index >= 15 is 0 Å². The summed E-state index contributed by atoms with van der Waals surface area (Å²) in [4.78, 5) is 4.37. The average Bonchev–Trinajstić information content (AvgIpc) is 2.87. The molecule has 0 saturated carbocycles. The van der Waals surface area contributed by atoms with Gasteiger partial charge in [-0.15, -0.1) is 11.3 Å². The van der Waals surface area contributed by atoms with E-state index in [-0.39, 0.29) is 0 Å². The topological polar surface area (TPSA) is 3.24 Å². The molecule has 2 heterocycles.